The van der Waals surface area contributed by atoms with Crippen LogP contribution in [0.15, 0.2) is 29.3 Å². The van der Waals surface area contributed by atoms with Gasteiger partial charge in [0.15, 0.2) is 5.96 Å². The summed E-state index contributed by atoms with van der Waals surface area (Å²) in [5, 5.41) is 16.5. The maximum atomic E-state index is 12.9. The minimum absolute atomic E-state index is 0.228. The van der Waals surface area contributed by atoms with Crippen molar-refractivity contribution in [3.63, 3.8) is 0 Å². The van der Waals surface area contributed by atoms with Crippen LogP contribution in [0.2, 0.25) is 0 Å². The Morgan fingerprint density at radius 1 is 1.24 bits per heavy atom. The lowest BCUT2D eigenvalue weighted by Crippen LogP contribution is -2.44. The molecule has 4 nitrogen and oxygen atoms in total. The molecule has 1 aromatic carbocycles. The molecule has 0 amide bonds. The minimum atomic E-state index is -0.740. The van der Waals surface area contributed by atoms with Crippen molar-refractivity contribution in [3.05, 3.63) is 35.6 Å². The van der Waals surface area contributed by atoms with Crippen molar-refractivity contribution < 1.29 is 9.50 Å². The van der Waals surface area contributed by atoms with Gasteiger partial charge in [-0.3, -0.25) is 4.99 Å². The van der Waals surface area contributed by atoms with Gasteiger partial charge in [-0.15, -0.1) is 0 Å². The fourth-order valence-corrected chi connectivity index (χ4v) is 1.67. The fourth-order valence-electron chi connectivity index (χ4n) is 1.67. The van der Waals surface area contributed by atoms with Crippen molar-refractivity contribution >= 4 is 5.96 Å². The zero-order valence-electron chi connectivity index (χ0n) is 13.2. The summed E-state index contributed by atoms with van der Waals surface area (Å²) in [6.45, 7) is 9.33. The van der Waals surface area contributed by atoms with Crippen LogP contribution in [0.5, 0.6) is 0 Å². The maximum Gasteiger partial charge on any atom is 0.191 e. The van der Waals surface area contributed by atoms with Gasteiger partial charge in [0.25, 0.3) is 0 Å². The van der Waals surface area contributed by atoms with Crippen LogP contribution in [-0.2, 0) is 0 Å². The van der Waals surface area contributed by atoms with E-state index in [1.807, 2.05) is 6.92 Å². The molecule has 0 aliphatic carbocycles. The maximum absolute atomic E-state index is 12.9. The monoisotopic (exact) mass is 295 g/mol. The molecule has 3 N–H and O–H groups in total. The SMILES string of the molecule is CCNC(=NCC(O)c1ccc(F)cc1)NC(C)C(C)C. The van der Waals surface area contributed by atoms with Gasteiger partial charge in [0.1, 0.15) is 5.82 Å². The lowest BCUT2D eigenvalue weighted by molar-refractivity contribution is 0.187. The number of hydrogen-bond acceptors (Lipinski definition) is 2. The Morgan fingerprint density at radius 3 is 2.38 bits per heavy atom. The highest BCUT2D eigenvalue weighted by atomic mass is 19.1. The van der Waals surface area contributed by atoms with E-state index in [4.69, 9.17) is 0 Å². The van der Waals surface area contributed by atoms with Gasteiger partial charge >= 0.3 is 0 Å². The van der Waals surface area contributed by atoms with Crippen molar-refractivity contribution in [3.8, 4) is 0 Å². The van der Waals surface area contributed by atoms with Crippen LogP contribution in [0.25, 0.3) is 0 Å². The van der Waals surface area contributed by atoms with Gasteiger partial charge in [-0.25, -0.2) is 4.39 Å². The molecular weight excluding hydrogens is 269 g/mol. The molecule has 1 rings (SSSR count). The quantitative estimate of drug-likeness (QED) is 0.558. The number of guanidine groups is 1. The topological polar surface area (TPSA) is 56.7 Å². The number of nitrogens with one attached hydrogen (secondary N) is 2. The molecule has 0 bridgehead atoms. The second-order valence-corrected chi connectivity index (χ2v) is 5.46. The first-order valence-electron chi connectivity index (χ1n) is 7.42. The van der Waals surface area contributed by atoms with Crippen LogP contribution in [0.3, 0.4) is 0 Å². The van der Waals surface area contributed by atoms with E-state index in [0.717, 1.165) is 6.54 Å². The molecule has 0 spiro atoms. The second kappa shape index (κ2) is 8.62. The molecule has 1 aromatic rings. The van der Waals surface area contributed by atoms with E-state index in [-0.39, 0.29) is 18.4 Å². The molecule has 118 valence electrons. The van der Waals surface area contributed by atoms with E-state index in [2.05, 4.69) is 36.4 Å². The van der Waals surface area contributed by atoms with E-state index >= 15 is 0 Å². The Bertz CT molecular complexity index is 445. The predicted molar refractivity (Wildman–Crippen MR) is 84.8 cm³/mol. The average Bonchev–Trinajstić information content (AvgIpc) is 2.45. The molecular formula is C16H26FN3O. The van der Waals surface area contributed by atoms with E-state index < -0.39 is 6.10 Å². The van der Waals surface area contributed by atoms with E-state index in [0.29, 0.717) is 17.4 Å². The van der Waals surface area contributed by atoms with Crippen LogP contribution >= 0.6 is 0 Å². The summed E-state index contributed by atoms with van der Waals surface area (Å²) in [7, 11) is 0. The van der Waals surface area contributed by atoms with Crippen molar-refractivity contribution in [1.82, 2.24) is 10.6 Å². The van der Waals surface area contributed by atoms with Crippen LogP contribution in [-0.4, -0.2) is 30.2 Å². The number of rotatable bonds is 6. The van der Waals surface area contributed by atoms with E-state index in [1.165, 1.54) is 12.1 Å². The summed E-state index contributed by atoms with van der Waals surface area (Å²) in [4.78, 5) is 4.39. The zero-order valence-corrected chi connectivity index (χ0v) is 13.2. The summed E-state index contributed by atoms with van der Waals surface area (Å²) in [6, 6.07) is 6.11. The molecule has 5 heteroatoms. The van der Waals surface area contributed by atoms with Crippen molar-refractivity contribution in [2.24, 2.45) is 10.9 Å². The van der Waals surface area contributed by atoms with Gasteiger partial charge in [-0.1, -0.05) is 26.0 Å². The van der Waals surface area contributed by atoms with Gasteiger partial charge in [-0.2, -0.15) is 0 Å². The molecule has 21 heavy (non-hydrogen) atoms. The number of aliphatic hydroxyl groups excluding tert-OH is 1. The number of halogens is 1. The fraction of sp³-hybridized carbons (Fsp3) is 0.562. The van der Waals surface area contributed by atoms with E-state index in [9.17, 15) is 9.50 Å². The third-order valence-electron chi connectivity index (χ3n) is 3.39. The molecule has 0 fully saturated rings. The largest absolute Gasteiger partial charge is 0.386 e. The van der Waals surface area contributed by atoms with Crippen LogP contribution in [0, 0.1) is 11.7 Å². The smallest absolute Gasteiger partial charge is 0.191 e. The molecule has 2 unspecified atom stereocenters. The molecule has 2 atom stereocenters. The molecule has 0 radical (unpaired) electrons. The highest BCUT2D eigenvalue weighted by Crippen LogP contribution is 2.13. The summed E-state index contributed by atoms with van der Waals surface area (Å²) in [6.07, 6.45) is -0.740. The lowest BCUT2D eigenvalue weighted by atomic mass is 10.1. The number of aliphatic hydroxyl groups is 1. The highest BCUT2D eigenvalue weighted by Gasteiger charge is 2.11. The third kappa shape index (κ3) is 6.12. The Balaban J connectivity index is 2.66. The number of aliphatic imine (C=N–C) groups is 1. The molecule has 0 saturated heterocycles. The normalized spacial score (nSPS) is 14.9. The zero-order chi connectivity index (χ0) is 15.8. The molecule has 0 saturated carbocycles. The van der Waals surface area contributed by atoms with Crippen LogP contribution < -0.4 is 10.6 Å². The Labute approximate surface area is 126 Å². The first-order valence-corrected chi connectivity index (χ1v) is 7.42. The summed E-state index contributed by atoms with van der Waals surface area (Å²) in [5.41, 5.74) is 0.660. The minimum Gasteiger partial charge on any atom is -0.386 e. The summed E-state index contributed by atoms with van der Waals surface area (Å²) >= 11 is 0. The number of hydrogen-bond donors (Lipinski definition) is 3. The van der Waals surface area contributed by atoms with Crippen LogP contribution in [0.1, 0.15) is 39.4 Å². The second-order valence-electron chi connectivity index (χ2n) is 5.46. The standard InChI is InChI=1S/C16H26FN3O/c1-5-18-16(20-12(4)11(2)3)19-10-15(21)13-6-8-14(17)9-7-13/h6-9,11-12,15,21H,5,10H2,1-4H3,(H2,18,19,20). The van der Waals surface area contributed by atoms with Crippen molar-refractivity contribution in [2.75, 3.05) is 13.1 Å². The highest BCUT2D eigenvalue weighted by molar-refractivity contribution is 5.80. The van der Waals surface area contributed by atoms with Gasteiger partial charge in [0.2, 0.25) is 0 Å². The predicted octanol–water partition coefficient (Wildman–Crippen LogP) is 2.46. The summed E-state index contributed by atoms with van der Waals surface area (Å²) < 4.78 is 12.9. The Kier molecular flexibility index (Phi) is 7.15. The lowest BCUT2D eigenvalue weighted by Gasteiger charge is -2.21. The molecule has 0 aromatic heterocycles. The van der Waals surface area contributed by atoms with Crippen molar-refractivity contribution in [1.29, 1.82) is 0 Å². The number of benzene rings is 1. The molecule has 0 aliphatic heterocycles. The Morgan fingerprint density at radius 2 is 1.86 bits per heavy atom. The van der Waals surface area contributed by atoms with Gasteiger partial charge in [0, 0.05) is 12.6 Å². The summed E-state index contributed by atoms with van der Waals surface area (Å²) in [5.74, 6) is 0.853. The average molecular weight is 295 g/mol. The van der Waals surface area contributed by atoms with Gasteiger partial charge in [0.05, 0.1) is 12.6 Å². The van der Waals surface area contributed by atoms with Gasteiger partial charge < -0.3 is 15.7 Å². The third-order valence-corrected chi connectivity index (χ3v) is 3.39. The molecule has 0 heterocycles. The molecule has 0 aliphatic rings. The van der Waals surface area contributed by atoms with E-state index in [1.54, 1.807) is 12.1 Å². The van der Waals surface area contributed by atoms with Gasteiger partial charge in [-0.05, 0) is 37.5 Å². The number of nitrogens with zero attached hydrogens (tertiary/aromatic N) is 1. The van der Waals surface area contributed by atoms with Crippen molar-refractivity contribution in [2.45, 2.75) is 39.8 Å². The first kappa shape index (κ1) is 17.4. The van der Waals surface area contributed by atoms with Crippen LogP contribution in [0.4, 0.5) is 4.39 Å². The first-order chi connectivity index (χ1) is 9.93. The Hall–Kier alpha value is -1.62.